The number of alkyl halides is 1. The van der Waals surface area contributed by atoms with Gasteiger partial charge in [0.1, 0.15) is 0 Å². The molecule has 0 rings (SSSR count). The number of hydrogen-bond acceptors (Lipinski definition) is 5. The topological polar surface area (TPSA) is 49.0 Å². The predicted octanol–water partition coefficient (Wildman–Crippen LogP) is 1.68. The molecular formula is C14H30ClNO4. The Morgan fingerprint density at radius 3 is 1.75 bits per heavy atom. The highest BCUT2D eigenvalue weighted by Crippen LogP contribution is 1.88. The van der Waals surface area contributed by atoms with Gasteiger partial charge in [-0.25, -0.2) is 0 Å². The van der Waals surface area contributed by atoms with Crippen LogP contribution in [0.15, 0.2) is 0 Å². The van der Waals surface area contributed by atoms with Gasteiger partial charge < -0.3 is 24.3 Å². The number of halogens is 1. The van der Waals surface area contributed by atoms with Crippen LogP contribution in [0.2, 0.25) is 0 Å². The molecule has 0 atom stereocenters. The predicted molar refractivity (Wildman–Crippen MR) is 81.8 cm³/mol. The largest absolute Gasteiger partial charge is 0.379 e. The minimum absolute atomic E-state index is 0.548. The van der Waals surface area contributed by atoms with Crippen molar-refractivity contribution in [1.29, 1.82) is 0 Å². The Labute approximate surface area is 128 Å². The van der Waals surface area contributed by atoms with Crippen LogP contribution in [0.5, 0.6) is 0 Å². The fourth-order valence-corrected chi connectivity index (χ4v) is 1.47. The average molecular weight is 312 g/mol. The first kappa shape index (κ1) is 20.1. The third-order valence-corrected chi connectivity index (χ3v) is 2.61. The van der Waals surface area contributed by atoms with Crippen LogP contribution in [0.25, 0.3) is 0 Å². The number of rotatable bonds is 17. The summed E-state index contributed by atoms with van der Waals surface area (Å²) in [6.45, 7) is 9.17. The Balaban J connectivity index is 2.89. The fraction of sp³-hybridized carbons (Fsp3) is 1.00. The molecule has 0 spiro atoms. The first-order valence-electron chi connectivity index (χ1n) is 7.49. The molecule has 0 aliphatic carbocycles. The van der Waals surface area contributed by atoms with Crippen molar-refractivity contribution in [2.45, 2.75) is 19.8 Å². The molecule has 122 valence electrons. The second kappa shape index (κ2) is 19.1. The zero-order valence-corrected chi connectivity index (χ0v) is 13.5. The normalized spacial score (nSPS) is 11.1. The van der Waals surface area contributed by atoms with Crippen molar-refractivity contribution in [3.8, 4) is 0 Å². The Bertz CT molecular complexity index is 157. The summed E-state index contributed by atoms with van der Waals surface area (Å²) in [5.41, 5.74) is 0. The van der Waals surface area contributed by atoms with Crippen LogP contribution in [0.1, 0.15) is 19.8 Å². The maximum atomic E-state index is 5.48. The molecule has 0 unspecified atom stereocenters. The van der Waals surface area contributed by atoms with E-state index in [0.717, 1.165) is 26.1 Å². The van der Waals surface area contributed by atoms with Crippen molar-refractivity contribution in [1.82, 2.24) is 5.32 Å². The van der Waals surface area contributed by atoms with Crippen molar-refractivity contribution < 1.29 is 18.9 Å². The van der Waals surface area contributed by atoms with E-state index in [1.165, 1.54) is 6.42 Å². The van der Waals surface area contributed by atoms with Gasteiger partial charge in [0.05, 0.1) is 46.2 Å². The van der Waals surface area contributed by atoms with Gasteiger partial charge in [0.15, 0.2) is 0 Å². The van der Waals surface area contributed by atoms with Crippen LogP contribution in [-0.4, -0.2) is 71.8 Å². The minimum Gasteiger partial charge on any atom is -0.379 e. The number of hydrogen-bond donors (Lipinski definition) is 1. The molecule has 0 fully saturated rings. The van der Waals surface area contributed by atoms with Crippen molar-refractivity contribution in [2.24, 2.45) is 0 Å². The lowest BCUT2D eigenvalue weighted by Gasteiger charge is -2.07. The molecule has 5 nitrogen and oxygen atoms in total. The van der Waals surface area contributed by atoms with Crippen LogP contribution in [0.4, 0.5) is 0 Å². The molecular weight excluding hydrogens is 282 g/mol. The van der Waals surface area contributed by atoms with E-state index in [4.69, 9.17) is 30.5 Å². The Morgan fingerprint density at radius 2 is 1.20 bits per heavy atom. The summed E-state index contributed by atoms with van der Waals surface area (Å²) >= 11 is 5.48. The van der Waals surface area contributed by atoms with Crippen LogP contribution in [0.3, 0.4) is 0 Å². The summed E-state index contributed by atoms with van der Waals surface area (Å²) in [7, 11) is 0. The molecule has 0 aromatic rings. The third-order valence-electron chi connectivity index (χ3n) is 2.45. The van der Waals surface area contributed by atoms with Crippen LogP contribution in [-0.2, 0) is 18.9 Å². The molecule has 20 heavy (non-hydrogen) atoms. The van der Waals surface area contributed by atoms with Gasteiger partial charge in [-0.2, -0.15) is 0 Å². The van der Waals surface area contributed by atoms with Gasteiger partial charge >= 0.3 is 0 Å². The summed E-state index contributed by atoms with van der Waals surface area (Å²) in [4.78, 5) is 0. The summed E-state index contributed by atoms with van der Waals surface area (Å²) in [5.74, 6) is 0.548. The summed E-state index contributed by atoms with van der Waals surface area (Å²) in [5, 5.41) is 3.22. The van der Waals surface area contributed by atoms with Gasteiger partial charge in [-0.05, 0) is 6.42 Å². The van der Waals surface area contributed by atoms with Gasteiger partial charge in [-0.3, -0.25) is 0 Å². The first-order chi connectivity index (χ1) is 9.91. The SMILES string of the molecule is CCCCOCCOCCOCCNCCOCCCl. The van der Waals surface area contributed by atoms with Gasteiger partial charge in [-0.15, -0.1) is 11.6 Å². The third kappa shape index (κ3) is 18.1. The van der Waals surface area contributed by atoms with E-state index in [2.05, 4.69) is 12.2 Å². The lowest BCUT2D eigenvalue weighted by atomic mass is 10.4. The lowest BCUT2D eigenvalue weighted by molar-refractivity contribution is 0.0145. The first-order valence-corrected chi connectivity index (χ1v) is 8.03. The van der Waals surface area contributed by atoms with Crippen molar-refractivity contribution in [2.75, 3.05) is 71.8 Å². The highest BCUT2D eigenvalue weighted by atomic mass is 35.5. The zero-order chi connectivity index (χ0) is 14.7. The Kier molecular flexibility index (Phi) is 19.2. The van der Waals surface area contributed by atoms with Gasteiger partial charge in [0.25, 0.3) is 0 Å². The van der Waals surface area contributed by atoms with E-state index >= 15 is 0 Å². The molecule has 0 heterocycles. The van der Waals surface area contributed by atoms with E-state index < -0.39 is 0 Å². The molecule has 0 amide bonds. The van der Waals surface area contributed by atoms with Gasteiger partial charge in [0, 0.05) is 25.6 Å². The van der Waals surface area contributed by atoms with Gasteiger partial charge in [0.2, 0.25) is 0 Å². The van der Waals surface area contributed by atoms with E-state index in [1.54, 1.807) is 0 Å². The molecule has 0 saturated heterocycles. The van der Waals surface area contributed by atoms with Crippen LogP contribution < -0.4 is 5.32 Å². The maximum absolute atomic E-state index is 5.48. The fourth-order valence-electron chi connectivity index (χ4n) is 1.36. The zero-order valence-electron chi connectivity index (χ0n) is 12.7. The molecule has 0 aromatic heterocycles. The highest BCUT2D eigenvalue weighted by Gasteiger charge is 1.92. The molecule has 1 N–H and O–H groups in total. The number of nitrogens with one attached hydrogen (secondary N) is 1. The highest BCUT2D eigenvalue weighted by molar-refractivity contribution is 6.17. The van der Waals surface area contributed by atoms with Gasteiger partial charge in [-0.1, -0.05) is 13.3 Å². The van der Waals surface area contributed by atoms with E-state index in [9.17, 15) is 0 Å². The second-order valence-corrected chi connectivity index (χ2v) is 4.62. The smallest absolute Gasteiger partial charge is 0.0701 e. The quantitative estimate of drug-likeness (QED) is 0.327. The maximum Gasteiger partial charge on any atom is 0.0701 e. The summed E-state index contributed by atoms with van der Waals surface area (Å²) < 4.78 is 21.4. The van der Waals surface area contributed by atoms with E-state index in [0.29, 0.717) is 52.1 Å². The van der Waals surface area contributed by atoms with Crippen LogP contribution in [0, 0.1) is 0 Å². The standard InChI is InChI=1S/C14H30ClNO4/c1-2-3-7-17-11-13-20-14-12-19-10-6-16-5-9-18-8-4-15/h16H,2-14H2,1H3. The molecule has 0 aliphatic rings. The Hall–Kier alpha value is 0.0900. The number of ether oxygens (including phenoxy) is 4. The molecule has 0 radical (unpaired) electrons. The molecule has 6 heteroatoms. The molecule has 0 aromatic carbocycles. The summed E-state index contributed by atoms with van der Waals surface area (Å²) in [6, 6.07) is 0. The lowest BCUT2D eigenvalue weighted by Crippen LogP contribution is -2.24. The second-order valence-electron chi connectivity index (χ2n) is 4.24. The molecule has 0 aliphatic heterocycles. The van der Waals surface area contributed by atoms with E-state index in [1.807, 2.05) is 0 Å². The summed E-state index contributed by atoms with van der Waals surface area (Å²) in [6.07, 6.45) is 2.29. The number of unbranched alkanes of at least 4 members (excludes halogenated alkanes) is 1. The van der Waals surface area contributed by atoms with Crippen molar-refractivity contribution >= 4 is 11.6 Å². The molecule has 0 saturated carbocycles. The van der Waals surface area contributed by atoms with E-state index in [-0.39, 0.29) is 0 Å². The Morgan fingerprint density at radius 1 is 0.700 bits per heavy atom. The average Bonchev–Trinajstić information content (AvgIpc) is 2.47. The molecule has 0 bridgehead atoms. The monoisotopic (exact) mass is 311 g/mol. The van der Waals surface area contributed by atoms with Crippen LogP contribution >= 0.6 is 11.6 Å². The minimum atomic E-state index is 0.548. The van der Waals surface area contributed by atoms with Crippen molar-refractivity contribution in [3.05, 3.63) is 0 Å². The van der Waals surface area contributed by atoms with Crippen molar-refractivity contribution in [3.63, 3.8) is 0 Å².